The molecule has 1 saturated heterocycles. The predicted molar refractivity (Wildman–Crippen MR) is 84.8 cm³/mol. The summed E-state index contributed by atoms with van der Waals surface area (Å²) in [6.07, 6.45) is 1.45. The molecule has 2 heterocycles. The first-order valence-corrected chi connectivity index (χ1v) is 7.92. The summed E-state index contributed by atoms with van der Waals surface area (Å²) in [4.78, 5) is 29.6. The van der Waals surface area contributed by atoms with E-state index >= 15 is 0 Å². The van der Waals surface area contributed by atoms with Crippen LogP contribution in [-0.2, 0) is 9.59 Å². The summed E-state index contributed by atoms with van der Waals surface area (Å²) in [6, 6.07) is 6.74. The Morgan fingerprint density at radius 3 is 2.36 bits per heavy atom. The van der Waals surface area contributed by atoms with Gasteiger partial charge >= 0.3 is 0 Å². The monoisotopic (exact) mass is 320 g/mol. The number of imide groups is 1. The maximum Gasteiger partial charge on any atom is 0.281 e. The second-order valence-electron chi connectivity index (χ2n) is 5.58. The lowest BCUT2D eigenvalue weighted by Gasteiger charge is -2.33. The molecule has 2 aliphatic rings. The van der Waals surface area contributed by atoms with Crippen LogP contribution >= 0.6 is 11.6 Å². The van der Waals surface area contributed by atoms with Crippen LogP contribution in [0.1, 0.15) is 6.92 Å². The van der Waals surface area contributed by atoms with Crippen LogP contribution in [0.25, 0.3) is 0 Å². The van der Waals surface area contributed by atoms with Crippen LogP contribution < -0.4 is 9.80 Å². The average Bonchev–Trinajstić information content (AvgIpc) is 2.83. The predicted octanol–water partition coefficient (Wildman–Crippen LogP) is 0.318. The maximum atomic E-state index is 12.6. The van der Waals surface area contributed by atoms with Crippen LogP contribution in [0.2, 0.25) is 5.02 Å². The topological polar surface area (TPSA) is 45.1 Å². The summed E-state index contributed by atoms with van der Waals surface area (Å²) >= 11 is 5.86. The number of hydrogen-bond donors (Lipinski definition) is 1. The third kappa shape index (κ3) is 2.74. The number of rotatable bonds is 3. The quantitative estimate of drug-likeness (QED) is 0.816. The number of anilines is 1. The highest BCUT2D eigenvalue weighted by molar-refractivity contribution is 6.32. The molecule has 22 heavy (non-hydrogen) atoms. The van der Waals surface area contributed by atoms with Crippen LogP contribution in [0.4, 0.5) is 5.69 Å². The minimum atomic E-state index is -0.285. The Morgan fingerprint density at radius 1 is 1.14 bits per heavy atom. The van der Waals surface area contributed by atoms with Gasteiger partial charge < -0.3 is 9.80 Å². The van der Waals surface area contributed by atoms with Gasteiger partial charge in [-0.1, -0.05) is 11.6 Å². The van der Waals surface area contributed by atoms with E-state index in [0.29, 0.717) is 16.4 Å². The number of likely N-dealkylation sites (N-methyl/N-ethyl adjacent to an activating group) is 1. The van der Waals surface area contributed by atoms with E-state index in [4.69, 9.17) is 11.6 Å². The molecule has 1 fully saturated rings. The van der Waals surface area contributed by atoms with Crippen LogP contribution in [0.15, 0.2) is 36.0 Å². The molecule has 0 aromatic heterocycles. The van der Waals surface area contributed by atoms with Crippen molar-refractivity contribution in [3.8, 4) is 0 Å². The molecule has 2 aliphatic heterocycles. The van der Waals surface area contributed by atoms with E-state index in [-0.39, 0.29) is 11.8 Å². The summed E-state index contributed by atoms with van der Waals surface area (Å²) in [6.45, 7) is 6.87. The molecular formula is C16H19ClN3O2+. The van der Waals surface area contributed by atoms with Crippen LogP contribution in [0.5, 0.6) is 0 Å². The largest absolute Gasteiger partial charge is 0.356 e. The molecule has 0 spiro atoms. The number of nitrogens with zero attached hydrogens (tertiary/aromatic N) is 2. The number of benzene rings is 1. The lowest BCUT2D eigenvalue weighted by Crippen LogP contribution is -3.14. The van der Waals surface area contributed by atoms with Crippen molar-refractivity contribution in [2.75, 3.05) is 37.6 Å². The van der Waals surface area contributed by atoms with Gasteiger partial charge in [0, 0.05) is 11.1 Å². The summed E-state index contributed by atoms with van der Waals surface area (Å²) in [7, 11) is 0. The van der Waals surface area contributed by atoms with Crippen molar-refractivity contribution in [2.45, 2.75) is 6.92 Å². The van der Waals surface area contributed by atoms with Crippen molar-refractivity contribution in [3.05, 3.63) is 41.1 Å². The number of piperazine rings is 1. The zero-order valence-electron chi connectivity index (χ0n) is 12.5. The molecule has 5 nitrogen and oxygen atoms in total. The van der Waals surface area contributed by atoms with Crippen molar-refractivity contribution in [3.63, 3.8) is 0 Å². The minimum absolute atomic E-state index is 0.243. The molecule has 0 unspecified atom stereocenters. The van der Waals surface area contributed by atoms with E-state index < -0.39 is 0 Å². The highest BCUT2D eigenvalue weighted by Gasteiger charge is 2.36. The maximum absolute atomic E-state index is 12.6. The molecule has 1 aromatic rings. The van der Waals surface area contributed by atoms with Gasteiger partial charge in [0.25, 0.3) is 11.8 Å². The highest BCUT2D eigenvalue weighted by atomic mass is 35.5. The van der Waals surface area contributed by atoms with Gasteiger partial charge in [-0.05, 0) is 31.2 Å². The Morgan fingerprint density at radius 2 is 1.77 bits per heavy atom. The van der Waals surface area contributed by atoms with Crippen molar-refractivity contribution in [1.29, 1.82) is 0 Å². The smallest absolute Gasteiger partial charge is 0.281 e. The summed E-state index contributed by atoms with van der Waals surface area (Å²) < 4.78 is 0. The highest BCUT2D eigenvalue weighted by Crippen LogP contribution is 2.25. The van der Waals surface area contributed by atoms with Gasteiger partial charge in [0.1, 0.15) is 5.70 Å². The molecule has 0 atom stereocenters. The molecule has 0 aliphatic carbocycles. The molecule has 0 saturated carbocycles. The third-order valence-electron chi connectivity index (χ3n) is 4.30. The molecule has 1 N–H and O–H groups in total. The zero-order chi connectivity index (χ0) is 15.7. The van der Waals surface area contributed by atoms with E-state index in [9.17, 15) is 9.59 Å². The average molecular weight is 321 g/mol. The summed E-state index contributed by atoms with van der Waals surface area (Å²) in [5.74, 6) is -0.528. The van der Waals surface area contributed by atoms with E-state index in [1.807, 2.05) is 4.90 Å². The minimum Gasteiger partial charge on any atom is -0.356 e. The fourth-order valence-electron chi connectivity index (χ4n) is 2.94. The van der Waals surface area contributed by atoms with Gasteiger partial charge in [0.05, 0.1) is 38.4 Å². The first-order valence-electron chi connectivity index (χ1n) is 7.54. The number of carbonyl (C=O) groups excluding carboxylic acids is 2. The Hall–Kier alpha value is -1.85. The fourth-order valence-corrected chi connectivity index (χ4v) is 3.06. The number of halogens is 1. The molecule has 116 valence electrons. The Balaban J connectivity index is 1.76. The van der Waals surface area contributed by atoms with Crippen LogP contribution in [0.3, 0.4) is 0 Å². The van der Waals surface area contributed by atoms with Crippen LogP contribution in [0, 0.1) is 0 Å². The molecule has 3 rings (SSSR count). The van der Waals surface area contributed by atoms with Gasteiger partial charge in [-0.2, -0.15) is 0 Å². The number of nitrogens with one attached hydrogen (secondary N) is 1. The number of amides is 2. The Labute approximate surface area is 134 Å². The van der Waals surface area contributed by atoms with E-state index in [0.717, 1.165) is 32.7 Å². The number of hydrogen-bond acceptors (Lipinski definition) is 3. The summed E-state index contributed by atoms with van der Waals surface area (Å²) in [5, 5.41) is 0.578. The molecule has 6 heteroatoms. The van der Waals surface area contributed by atoms with E-state index in [2.05, 4.69) is 6.92 Å². The zero-order valence-corrected chi connectivity index (χ0v) is 13.3. The second kappa shape index (κ2) is 6.10. The molecule has 0 bridgehead atoms. The van der Waals surface area contributed by atoms with Crippen molar-refractivity contribution < 1.29 is 14.5 Å². The number of quaternary nitrogens is 1. The van der Waals surface area contributed by atoms with E-state index in [1.165, 1.54) is 15.9 Å². The van der Waals surface area contributed by atoms with Crippen molar-refractivity contribution in [2.24, 2.45) is 0 Å². The van der Waals surface area contributed by atoms with Gasteiger partial charge in [0.15, 0.2) is 0 Å². The standard InChI is InChI=1S/C16H18ClN3O2/c1-2-18-7-9-19(10-8-18)14-11-15(21)20(16(14)22)13-5-3-12(17)4-6-13/h3-6,11H,2,7-10H2,1H3/p+1. The van der Waals surface area contributed by atoms with Gasteiger partial charge in [-0.15, -0.1) is 0 Å². The summed E-state index contributed by atoms with van der Waals surface area (Å²) in [5.41, 5.74) is 1.07. The Bertz CT molecular complexity index is 619. The first kappa shape index (κ1) is 15.1. The number of carbonyl (C=O) groups is 2. The van der Waals surface area contributed by atoms with Crippen molar-refractivity contribution in [1.82, 2.24) is 4.90 Å². The molecule has 0 radical (unpaired) electrons. The van der Waals surface area contributed by atoms with Gasteiger partial charge in [0.2, 0.25) is 0 Å². The SMILES string of the molecule is CC[NH+]1CCN(C2=CC(=O)N(c3ccc(Cl)cc3)C2=O)CC1. The van der Waals surface area contributed by atoms with E-state index in [1.54, 1.807) is 24.3 Å². The Kier molecular flexibility index (Phi) is 4.18. The van der Waals surface area contributed by atoms with Gasteiger partial charge in [-0.3, -0.25) is 9.59 Å². The molecule has 2 amide bonds. The third-order valence-corrected chi connectivity index (χ3v) is 4.55. The molecule has 1 aromatic carbocycles. The normalized spacial score (nSPS) is 19.8. The first-order chi connectivity index (χ1) is 10.6. The van der Waals surface area contributed by atoms with Crippen molar-refractivity contribution >= 4 is 29.1 Å². The lowest BCUT2D eigenvalue weighted by atomic mass is 10.2. The van der Waals surface area contributed by atoms with Crippen LogP contribution in [-0.4, -0.2) is 49.4 Å². The van der Waals surface area contributed by atoms with Gasteiger partial charge in [-0.25, -0.2) is 4.90 Å². The lowest BCUT2D eigenvalue weighted by molar-refractivity contribution is -0.902. The molecular weight excluding hydrogens is 302 g/mol. The second-order valence-corrected chi connectivity index (χ2v) is 6.01. The fraction of sp³-hybridized carbons (Fsp3) is 0.375.